The van der Waals surface area contributed by atoms with E-state index in [2.05, 4.69) is 10.1 Å². The van der Waals surface area contributed by atoms with Crippen LogP contribution in [0.1, 0.15) is 36.0 Å². The molecule has 19 heavy (non-hydrogen) atoms. The molecule has 0 bridgehead atoms. The van der Waals surface area contributed by atoms with Gasteiger partial charge < -0.3 is 9.84 Å². The molecule has 0 spiro atoms. The third-order valence-corrected chi connectivity index (χ3v) is 3.03. The van der Waals surface area contributed by atoms with Crippen molar-refractivity contribution >= 4 is 23.2 Å². The Kier molecular flexibility index (Phi) is 3.73. The summed E-state index contributed by atoms with van der Waals surface area (Å²) in [6.45, 7) is 3.88. The minimum Gasteiger partial charge on any atom is -0.478 e. The molecule has 0 amide bonds. The molecule has 2 aromatic heterocycles. The summed E-state index contributed by atoms with van der Waals surface area (Å²) in [5, 5.41) is 13.6. The summed E-state index contributed by atoms with van der Waals surface area (Å²) in [5.41, 5.74) is 1.00. The zero-order valence-electron chi connectivity index (χ0n) is 10.8. The van der Waals surface area contributed by atoms with Gasteiger partial charge in [-0.3, -0.25) is 0 Å². The SMILES string of the molecule is CO[C@H](c1c(C(=O)O)cnc2cc(Cl)nn12)C(C)C. The molecule has 102 valence electrons. The van der Waals surface area contributed by atoms with E-state index >= 15 is 0 Å². The predicted octanol–water partition coefficient (Wildman–Crippen LogP) is 2.42. The van der Waals surface area contributed by atoms with Crippen molar-refractivity contribution < 1.29 is 14.6 Å². The molecule has 0 saturated carbocycles. The van der Waals surface area contributed by atoms with Crippen LogP contribution < -0.4 is 0 Å². The molecule has 0 aliphatic carbocycles. The van der Waals surface area contributed by atoms with Crippen LogP contribution in [0.25, 0.3) is 5.65 Å². The monoisotopic (exact) mass is 283 g/mol. The summed E-state index contributed by atoms with van der Waals surface area (Å²) in [6, 6.07) is 1.57. The van der Waals surface area contributed by atoms with Gasteiger partial charge in [0.05, 0.1) is 5.69 Å². The number of carbonyl (C=O) groups is 1. The molecule has 0 radical (unpaired) electrons. The second-order valence-corrected chi connectivity index (χ2v) is 4.89. The lowest BCUT2D eigenvalue weighted by Crippen LogP contribution is -2.19. The fourth-order valence-corrected chi connectivity index (χ4v) is 2.23. The van der Waals surface area contributed by atoms with Gasteiger partial charge in [-0.25, -0.2) is 14.3 Å². The fourth-order valence-electron chi connectivity index (χ4n) is 2.06. The quantitative estimate of drug-likeness (QED) is 0.932. The average Bonchev–Trinajstić information content (AvgIpc) is 2.69. The van der Waals surface area contributed by atoms with Gasteiger partial charge in [0.2, 0.25) is 0 Å². The number of methoxy groups -OCH3 is 1. The number of hydrogen-bond acceptors (Lipinski definition) is 4. The van der Waals surface area contributed by atoms with Gasteiger partial charge in [-0.15, -0.1) is 0 Å². The second kappa shape index (κ2) is 5.14. The molecule has 7 heteroatoms. The summed E-state index contributed by atoms with van der Waals surface area (Å²) in [5.74, 6) is -0.990. The van der Waals surface area contributed by atoms with Crippen LogP contribution in [0.4, 0.5) is 0 Å². The van der Waals surface area contributed by atoms with E-state index in [1.165, 1.54) is 17.8 Å². The van der Waals surface area contributed by atoms with Gasteiger partial charge in [-0.2, -0.15) is 5.10 Å². The Morgan fingerprint density at radius 1 is 1.53 bits per heavy atom. The third kappa shape index (κ3) is 2.41. The maximum atomic E-state index is 11.3. The van der Waals surface area contributed by atoms with Crippen molar-refractivity contribution in [2.75, 3.05) is 7.11 Å². The number of nitrogens with zero attached hydrogens (tertiary/aromatic N) is 3. The van der Waals surface area contributed by atoms with E-state index in [-0.39, 0.29) is 16.6 Å². The predicted molar refractivity (Wildman–Crippen MR) is 69.5 cm³/mol. The molecule has 6 nitrogen and oxygen atoms in total. The molecule has 2 aromatic rings. The van der Waals surface area contributed by atoms with Crippen molar-refractivity contribution in [3.63, 3.8) is 0 Å². The summed E-state index contributed by atoms with van der Waals surface area (Å²) in [4.78, 5) is 15.4. The summed E-state index contributed by atoms with van der Waals surface area (Å²) < 4.78 is 6.84. The Bertz CT molecular complexity index is 624. The molecule has 0 aliphatic rings. The fraction of sp³-hybridized carbons (Fsp3) is 0.417. The van der Waals surface area contributed by atoms with Gasteiger partial charge in [0.15, 0.2) is 10.8 Å². The van der Waals surface area contributed by atoms with Gasteiger partial charge in [-0.05, 0) is 5.92 Å². The molecule has 0 fully saturated rings. The van der Waals surface area contributed by atoms with Gasteiger partial charge in [-0.1, -0.05) is 25.4 Å². The van der Waals surface area contributed by atoms with E-state index in [1.807, 2.05) is 13.8 Å². The lowest BCUT2D eigenvalue weighted by atomic mass is 10.0. The highest BCUT2D eigenvalue weighted by Gasteiger charge is 2.26. The first-order chi connectivity index (χ1) is 8.95. The molecule has 1 N–H and O–H groups in total. The highest BCUT2D eigenvalue weighted by atomic mass is 35.5. The Balaban J connectivity index is 2.78. The van der Waals surface area contributed by atoms with Gasteiger partial charge in [0.1, 0.15) is 11.7 Å². The van der Waals surface area contributed by atoms with Crippen LogP contribution in [-0.4, -0.2) is 32.8 Å². The lowest BCUT2D eigenvalue weighted by Gasteiger charge is -2.21. The van der Waals surface area contributed by atoms with Crippen molar-refractivity contribution in [1.29, 1.82) is 0 Å². The van der Waals surface area contributed by atoms with Gasteiger partial charge >= 0.3 is 5.97 Å². The maximum absolute atomic E-state index is 11.3. The van der Waals surface area contributed by atoms with Crippen LogP contribution in [0.2, 0.25) is 5.15 Å². The Morgan fingerprint density at radius 2 is 2.21 bits per heavy atom. The minimum atomic E-state index is -1.07. The van der Waals surface area contributed by atoms with Crippen LogP contribution in [0.15, 0.2) is 12.3 Å². The van der Waals surface area contributed by atoms with Crippen molar-refractivity contribution in [2.24, 2.45) is 5.92 Å². The summed E-state index contributed by atoms with van der Waals surface area (Å²) in [7, 11) is 1.54. The first-order valence-electron chi connectivity index (χ1n) is 5.76. The Hall–Kier alpha value is -1.66. The number of hydrogen-bond donors (Lipinski definition) is 1. The average molecular weight is 284 g/mol. The molecule has 2 heterocycles. The largest absolute Gasteiger partial charge is 0.478 e. The normalized spacial score (nSPS) is 13.1. The number of carboxylic acids is 1. The smallest absolute Gasteiger partial charge is 0.339 e. The zero-order valence-corrected chi connectivity index (χ0v) is 11.5. The molecule has 0 unspecified atom stereocenters. The van der Waals surface area contributed by atoms with Crippen LogP contribution in [0.3, 0.4) is 0 Å². The van der Waals surface area contributed by atoms with E-state index in [1.54, 1.807) is 6.07 Å². The van der Waals surface area contributed by atoms with Crippen LogP contribution in [-0.2, 0) is 4.74 Å². The lowest BCUT2D eigenvalue weighted by molar-refractivity contribution is 0.0542. The Labute approximate surface area is 115 Å². The highest BCUT2D eigenvalue weighted by molar-refractivity contribution is 6.29. The van der Waals surface area contributed by atoms with Gasteiger partial charge in [0, 0.05) is 19.4 Å². The second-order valence-electron chi connectivity index (χ2n) is 4.50. The van der Waals surface area contributed by atoms with E-state index in [0.717, 1.165) is 0 Å². The molecule has 0 aromatic carbocycles. The third-order valence-electron chi connectivity index (χ3n) is 2.85. The molecule has 2 rings (SSSR count). The van der Waals surface area contributed by atoms with E-state index < -0.39 is 12.1 Å². The number of fused-ring (bicyclic) bond motifs is 1. The molecular weight excluding hydrogens is 270 g/mol. The van der Waals surface area contributed by atoms with Crippen molar-refractivity contribution in [2.45, 2.75) is 20.0 Å². The highest BCUT2D eigenvalue weighted by Crippen LogP contribution is 2.28. The number of ether oxygens (including phenoxy) is 1. The van der Waals surface area contributed by atoms with Crippen molar-refractivity contribution in [1.82, 2.24) is 14.6 Å². The first kappa shape index (κ1) is 13.8. The first-order valence-corrected chi connectivity index (χ1v) is 6.13. The van der Waals surface area contributed by atoms with Crippen molar-refractivity contribution in [3.8, 4) is 0 Å². The van der Waals surface area contributed by atoms with Crippen LogP contribution >= 0.6 is 11.6 Å². The van der Waals surface area contributed by atoms with E-state index in [4.69, 9.17) is 16.3 Å². The number of aromatic nitrogens is 3. The van der Waals surface area contributed by atoms with Gasteiger partial charge in [0.25, 0.3) is 0 Å². The van der Waals surface area contributed by atoms with Crippen LogP contribution in [0, 0.1) is 5.92 Å². The van der Waals surface area contributed by atoms with Crippen molar-refractivity contribution in [3.05, 3.63) is 28.7 Å². The summed E-state index contributed by atoms with van der Waals surface area (Å²) in [6.07, 6.45) is 0.895. The number of rotatable bonds is 4. The zero-order chi connectivity index (χ0) is 14.2. The number of aromatic carboxylic acids is 1. The minimum absolute atomic E-state index is 0.0628. The summed E-state index contributed by atoms with van der Waals surface area (Å²) >= 11 is 5.85. The number of carboxylic acid groups (broad SMARTS) is 1. The molecule has 1 atom stereocenters. The standard InChI is InChI=1S/C12H14ClN3O3/c1-6(2)11(19-3)10-7(12(17)18)5-14-9-4-8(13)15-16(9)10/h4-6,11H,1-3H3,(H,17,18)/t11-/m0/s1. The maximum Gasteiger partial charge on any atom is 0.339 e. The topological polar surface area (TPSA) is 76.7 Å². The molecular formula is C12H14ClN3O3. The van der Waals surface area contributed by atoms with E-state index in [0.29, 0.717) is 11.3 Å². The van der Waals surface area contributed by atoms with E-state index in [9.17, 15) is 9.90 Å². The number of halogens is 1. The van der Waals surface area contributed by atoms with Crippen LogP contribution in [0.5, 0.6) is 0 Å². The molecule has 0 aliphatic heterocycles. The Morgan fingerprint density at radius 3 is 2.74 bits per heavy atom. The molecule has 0 saturated heterocycles.